The van der Waals surface area contributed by atoms with Crippen molar-refractivity contribution in [2.45, 2.75) is 45.6 Å². The smallest absolute Gasteiger partial charge is 0.150 e. The lowest BCUT2D eigenvalue weighted by Crippen LogP contribution is -2.31. The standard InChI is InChI=1S/C17H23N3O/c1-4-10-20-11-9-19-16(20)12-15(21)17(2,3)13-5-7-14(18)8-6-13/h5-9,11H,4,10,12,18H2,1-3H3. The summed E-state index contributed by atoms with van der Waals surface area (Å²) < 4.78 is 2.05. The Kier molecular flexibility index (Phi) is 4.46. The molecule has 0 bridgehead atoms. The van der Waals surface area contributed by atoms with Gasteiger partial charge in [0.1, 0.15) is 11.6 Å². The summed E-state index contributed by atoms with van der Waals surface area (Å²) in [5, 5.41) is 0. The van der Waals surface area contributed by atoms with Gasteiger partial charge < -0.3 is 10.3 Å². The number of nitrogen functional groups attached to an aromatic ring is 1. The van der Waals surface area contributed by atoms with Gasteiger partial charge in [-0.1, -0.05) is 19.1 Å². The highest BCUT2D eigenvalue weighted by molar-refractivity contribution is 5.90. The molecule has 2 aromatic rings. The number of carbonyl (C=O) groups excluding carboxylic acids is 1. The van der Waals surface area contributed by atoms with Crippen LogP contribution >= 0.6 is 0 Å². The van der Waals surface area contributed by atoms with Gasteiger partial charge in [0.25, 0.3) is 0 Å². The number of rotatable bonds is 6. The van der Waals surface area contributed by atoms with E-state index in [-0.39, 0.29) is 5.78 Å². The summed E-state index contributed by atoms with van der Waals surface area (Å²) in [6.07, 6.45) is 5.07. The fraction of sp³-hybridized carbons (Fsp3) is 0.412. The summed E-state index contributed by atoms with van der Waals surface area (Å²) in [4.78, 5) is 17.0. The highest BCUT2D eigenvalue weighted by atomic mass is 16.1. The fourth-order valence-electron chi connectivity index (χ4n) is 2.38. The molecule has 0 amide bonds. The third kappa shape index (κ3) is 3.32. The van der Waals surface area contributed by atoms with Crippen molar-refractivity contribution >= 4 is 11.5 Å². The molecule has 0 saturated heterocycles. The van der Waals surface area contributed by atoms with E-state index in [1.807, 2.05) is 44.3 Å². The molecule has 0 saturated carbocycles. The quantitative estimate of drug-likeness (QED) is 0.830. The number of aryl methyl sites for hydroxylation is 1. The van der Waals surface area contributed by atoms with Gasteiger partial charge >= 0.3 is 0 Å². The number of anilines is 1. The number of Topliss-reactive ketones (excluding diaryl/α,β-unsaturated/α-hetero) is 1. The van der Waals surface area contributed by atoms with Crippen LogP contribution in [0.2, 0.25) is 0 Å². The van der Waals surface area contributed by atoms with E-state index in [9.17, 15) is 4.79 Å². The van der Waals surface area contributed by atoms with Crippen LogP contribution in [0.25, 0.3) is 0 Å². The summed E-state index contributed by atoms with van der Waals surface area (Å²) in [5.74, 6) is 1.00. The molecular formula is C17H23N3O. The van der Waals surface area contributed by atoms with Gasteiger partial charge in [-0.15, -0.1) is 0 Å². The minimum atomic E-state index is -0.545. The summed E-state index contributed by atoms with van der Waals surface area (Å²) in [6, 6.07) is 7.52. The Morgan fingerprint density at radius 1 is 1.29 bits per heavy atom. The Morgan fingerprint density at radius 2 is 1.95 bits per heavy atom. The summed E-state index contributed by atoms with van der Waals surface area (Å²) in [5.41, 5.74) is 6.86. The van der Waals surface area contributed by atoms with Crippen LogP contribution in [0, 0.1) is 0 Å². The molecule has 0 atom stereocenters. The molecule has 2 rings (SSSR count). The normalized spacial score (nSPS) is 11.6. The van der Waals surface area contributed by atoms with Crippen molar-refractivity contribution in [2.75, 3.05) is 5.73 Å². The van der Waals surface area contributed by atoms with Gasteiger partial charge in [0.2, 0.25) is 0 Å². The van der Waals surface area contributed by atoms with Crippen LogP contribution in [0.4, 0.5) is 5.69 Å². The minimum Gasteiger partial charge on any atom is -0.399 e. The number of aromatic nitrogens is 2. The molecule has 0 aliphatic carbocycles. The first-order valence-electron chi connectivity index (χ1n) is 7.34. The monoisotopic (exact) mass is 285 g/mol. The number of benzene rings is 1. The molecule has 0 spiro atoms. The first-order valence-corrected chi connectivity index (χ1v) is 7.34. The molecule has 1 aromatic carbocycles. The van der Waals surface area contributed by atoms with Crippen LogP contribution < -0.4 is 5.73 Å². The zero-order valence-electron chi connectivity index (χ0n) is 13.0. The van der Waals surface area contributed by atoms with Crippen molar-refractivity contribution in [3.63, 3.8) is 0 Å². The molecule has 4 nitrogen and oxygen atoms in total. The maximum atomic E-state index is 12.7. The van der Waals surface area contributed by atoms with Crippen LogP contribution in [-0.4, -0.2) is 15.3 Å². The Morgan fingerprint density at radius 3 is 2.57 bits per heavy atom. The van der Waals surface area contributed by atoms with Crippen LogP contribution in [0.5, 0.6) is 0 Å². The number of carbonyl (C=O) groups is 1. The second kappa shape index (κ2) is 6.12. The van der Waals surface area contributed by atoms with Crippen molar-refractivity contribution in [3.8, 4) is 0 Å². The first kappa shape index (κ1) is 15.3. The van der Waals surface area contributed by atoms with Gasteiger partial charge in [-0.3, -0.25) is 4.79 Å². The van der Waals surface area contributed by atoms with Gasteiger partial charge in [-0.25, -0.2) is 4.98 Å². The van der Waals surface area contributed by atoms with E-state index in [1.165, 1.54) is 0 Å². The van der Waals surface area contributed by atoms with Gasteiger partial charge in [-0.05, 0) is 38.0 Å². The third-order valence-electron chi connectivity index (χ3n) is 3.91. The number of imidazole rings is 1. The van der Waals surface area contributed by atoms with Crippen LogP contribution in [-0.2, 0) is 23.2 Å². The zero-order chi connectivity index (χ0) is 15.5. The Bertz CT molecular complexity index is 611. The summed E-state index contributed by atoms with van der Waals surface area (Å²) >= 11 is 0. The fourth-order valence-corrected chi connectivity index (χ4v) is 2.38. The molecule has 0 fully saturated rings. The maximum Gasteiger partial charge on any atom is 0.150 e. The highest BCUT2D eigenvalue weighted by Crippen LogP contribution is 2.26. The Balaban J connectivity index is 2.18. The topological polar surface area (TPSA) is 60.9 Å². The lowest BCUT2D eigenvalue weighted by Gasteiger charge is -2.24. The van der Waals surface area contributed by atoms with E-state index < -0.39 is 5.41 Å². The van der Waals surface area contributed by atoms with E-state index in [1.54, 1.807) is 6.20 Å². The molecule has 0 unspecified atom stereocenters. The number of hydrogen-bond acceptors (Lipinski definition) is 3. The lowest BCUT2D eigenvalue weighted by atomic mass is 9.79. The van der Waals surface area contributed by atoms with Gasteiger partial charge in [0.05, 0.1) is 6.42 Å². The van der Waals surface area contributed by atoms with Crippen LogP contribution in [0.1, 0.15) is 38.6 Å². The number of nitrogens with zero attached hydrogens (tertiary/aromatic N) is 2. The van der Waals surface area contributed by atoms with E-state index in [0.717, 1.165) is 24.4 Å². The Hall–Kier alpha value is -2.10. The van der Waals surface area contributed by atoms with Gasteiger partial charge in [-0.2, -0.15) is 0 Å². The summed E-state index contributed by atoms with van der Waals surface area (Å²) in [6.45, 7) is 6.91. The molecule has 0 aliphatic rings. The zero-order valence-corrected chi connectivity index (χ0v) is 13.0. The van der Waals surface area contributed by atoms with Gasteiger partial charge in [0, 0.05) is 30.0 Å². The van der Waals surface area contributed by atoms with Crippen LogP contribution in [0.3, 0.4) is 0 Å². The minimum absolute atomic E-state index is 0.163. The second-order valence-electron chi connectivity index (χ2n) is 5.88. The molecule has 4 heteroatoms. The van der Waals surface area contributed by atoms with E-state index >= 15 is 0 Å². The predicted molar refractivity (Wildman–Crippen MR) is 85.1 cm³/mol. The highest BCUT2D eigenvalue weighted by Gasteiger charge is 2.30. The lowest BCUT2D eigenvalue weighted by molar-refractivity contribution is -0.123. The molecule has 0 radical (unpaired) electrons. The molecule has 1 aromatic heterocycles. The van der Waals surface area contributed by atoms with Crippen molar-refractivity contribution in [1.82, 2.24) is 9.55 Å². The number of nitrogens with two attached hydrogens (primary N) is 1. The summed E-state index contributed by atoms with van der Waals surface area (Å²) in [7, 11) is 0. The second-order valence-corrected chi connectivity index (χ2v) is 5.88. The van der Waals surface area contributed by atoms with Crippen molar-refractivity contribution in [1.29, 1.82) is 0 Å². The van der Waals surface area contributed by atoms with Crippen molar-refractivity contribution in [2.24, 2.45) is 0 Å². The van der Waals surface area contributed by atoms with Crippen LogP contribution in [0.15, 0.2) is 36.7 Å². The molecular weight excluding hydrogens is 262 g/mol. The SMILES string of the molecule is CCCn1ccnc1CC(=O)C(C)(C)c1ccc(N)cc1. The molecule has 2 N–H and O–H groups in total. The molecule has 112 valence electrons. The maximum absolute atomic E-state index is 12.7. The van der Waals surface area contributed by atoms with Crippen molar-refractivity contribution < 1.29 is 4.79 Å². The van der Waals surface area contributed by atoms with Crippen molar-refractivity contribution in [3.05, 3.63) is 48.0 Å². The molecule has 1 heterocycles. The number of hydrogen-bond donors (Lipinski definition) is 1. The van der Waals surface area contributed by atoms with Gasteiger partial charge in [0.15, 0.2) is 0 Å². The molecule has 0 aliphatic heterocycles. The predicted octanol–water partition coefficient (Wildman–Crippen LogP) is 2.96. The van der Waals surface area contributed by atoms with E-state index in [4.69, 9.17) is 5.73 Å². The number of ketones is 1. The molecule has 21 heavy (non-hydrogen) atoms. The average molecular weight is 285 g/mol. The first-order chi connectivity index (χ1) is 9.95. The largest absolute Gasteiger partial charge is 0.399 e. The van der Waals surface area contributed by atoms with E-state index in [0.29, 0.717) is 12.1 Å². The average Bonchev–Trinajstić information content (AvgIpc) is 2.87. The Labute approximate surface area is 126 Å². The van der Waals surface area contributed by atoms with E-state index in [2.05, 4.69) is 16.5 Å². The third-order valence-corrected chi connectivity index (χ3v) is 3.91.